The summed E-state index contributed by atoms with van der Waals surface area (Å²) in [6, 6.07) is 7.98. The Balaban J connectivity index is 2.00. The molecule has 0 saturated carbocycles. The molecule has 1 aliphatic rings. The zero-order valence-electron chi connectivity index (χ0n) is 13.1. The van der Waals surface area contributed by atoms with Crippen LogP contribution >= 0.6 is 63.1 Å². The molecule has 2 aromatic carbocycles. The predicted molar refractivity (Wildman–Crippen MR) is 114 cm³/mol. The van der Waals surface area contributed by atoms with Crippen molar-refractivity contribution in [2.24, 2.45) is 0 Å². The number of halogens is 3. The summed E-state index contributed by atoms with van der Waals surface area (Å²) < 4.78 is 6.10. The third-order valence-electron chi connectivity index (χ3n) is 3.53. The van der Waals surface area contributed by atoms with Crippen molar-refractivity contribution >= 4 is 85.1 Å². The molecule has 1 aliphatic heterocycles. The number of carbonyl (C=O) groups is 1. The van der Waals surface area contributed by atoms with E-state index in [-0.39, 0.29) is 11.7 Å². The molecule has 1 N–H and O–H groups in total. The molecular formula is C17H10BrCl2NO3S2. The van der Waals surface area contributed by atoms with Crippen LogP contribution in [0.15, 0.2) is 39.7 Å². The first-order valence-electron chi connectivity index (χ1n) is 7.11. The summed E-state index contributed by atoms with van der Waals surface area (Å²) >= 11 is 22.0. The number of hydrogen-bond acceptors (Lipinski definition) is 5. The zero-order valence-corrected chi connectivity index (χ0v) is 17.9. The van der Waals surface area contributed by atoms with Crippen molar-refractivity contribution in [2.75, 3.05) is 12.0 Å². The van der Waals surface area contributed by atoms with E-state index in [0.29, 0.717) is 40.7 Å². The van der Waals surface area contributed by atoms with E-state index in [1.54, 1.807) is 30.3 Å². The second-order valence-corrected chi connectivity index (χ2v) is 8.53. The van der Waals surface area contributed by atoms with Gasteiger partial charge in [-0.1, -0.05) is 63.1 Å². The molecule has 0 unspecified atom stereocenters. The van der Waals surface area contributed by atoms with Gasteiger partial charge in [-0.2, -0.15) is 0 Å². The predicted octanol–water partition coefficient (Wildman–Crippen LogP) is 5.88. The minimum Gasteiger partial charge on any atom is -0.504 e. The van der Waals surface area contributed by atoms with Gasteiger partial charge in [-0.25, -0.2) is 0 Å². The van der Waals surface area contributed by atoms with Crippen molar-refractivity contribution in [2.45, 2.75) is 0 Å². The maximum atomic E-state index is 12.9. The second-order valence-electron chi connectivity index (χ2n) is 5.16. The van der Waals surface area contributed by atoms with Crippen LogP contribution in [-0.4, -0.2) is 22.4 Å². The van der Waals surface area contributed by atoms with Gasteiger partial charge in [0.2, 0.25) is 0 Å². The molecule has 1 heterocycles. The first-order valence-corrected chi connectivity index (χ1v) is 9.88. The molecule has 26 heavy (non-hydrogen) atoms. The van der Waals surface area contributed by atoms with E-state index < -0.39 is 0 Å². The zero-order chi connectivity index (χ0) is 19.0. The number of phenols is 1. The Morgan fingerprint density at radius 3 is 2.69 bits per heavy atom. The molecular weight excluding hydrogens is 481 g/mol. The van der Waals surface area contributed by atoms with Crippen LogP contribution < -0.4 is 9.64 Å². The number of anilines is 1. The largest absolute Gasteiger partial charge is 0.504 e. The number of benzene rings is 2. The van der Waals surface area contributed by atoms with Crippen LogP contribution in [0.1, 0.15) is 5.56 Å². The molecule has 0 bridgehead atoms. The molecule has 0 spiro atoms. The summed E-state index contributed by atoms with van der Waals surface area (Å²) in [4.78, 5) is 14.6. The lowest BCUT2D eigenvalue weighted by Gasteiger charge is -2.16. The van der Waals surface area contributed by atoms with Gasteiger partial charge in [0, 0.05) is 9.50 Å². The highest BCUT2D eigenvalue weighted by Crippen LogP contribution is 2.41. The Hall–Kier alpha value is -1.25. The number of rotatable bonds is 3. The molecule has 9 heteroatoms. The second kappa shape index (κ2) is 7.78. The molecule has 0 atom stereocenters. The van der Waals surface area contributed by atoms with Gasteiger partial charge in [0.25, 0.3) is 5.91 Å². The number of methoxy groups -OCH3 is 1. The van der Waals surface area contributed by atoms with Gasteiger partial charge in [-0.15, -0.1) is 0 Å². The Labute approximate surface area is 177 Å². The Morgan fingerprint density at radius 2 is 2.04 bits per heavy atom. The molecule has 3 rings (SSSR count). The van der Waals surface area contributed by atoms with E-state index in [0.717, 1.165) is 11.8 Å². The third kappa shape index (κ3) is 3.73. The molecule has 4 nitrogen and oxygen atoms in total. The number of carbonyl (C=O) groups excluding carboxylic acids is 1. The number of amides is 1. The average Bonchev–Trinajstić information content (AvgIpc) is 2.84. The van der Waals surface area contributed by atoms with E-state index in [2.05, 4.69) is 15.9 Å². The highest BCUT2D eigenvalue weighted by Gasteiger charge is 2.34. The number of phenolic OH excluding ortho intramolecular Hbond substituents is 1. The standard InChI is InChI=1S/C17H10BrCl2NO3S2/c1-24-14-4-8(10(18)7-13(14)22)5-15-16(23)21(17(25)26-15)12-3-2-9(19)6-11(12)20/h2-7,22H,1H3. The van der Waals surface area contributed by atoms with Gasteiger partial charge in [0.1, 0.15) is 0 Å². The van der Waals surface area contributed by atoms with E-state index in [1.807, 2.05) is 0 Å². The van der Waals surface area contributed by atoms with Crippen molar-refractivity contribution in [3.63, 3.8) is 0 Å². The lowest BCUT2D eigenvalue weighted by atomic mass is 10.2. The van der Waals surface area contributed by atoms with Crippen LogP contribution in [0.3, 0.4) is 0 Å². The summed E-state index contributed by atoms with van der Waals surface area (Å²) in [5.41, 5.74) is 1.15. The Bertz CT molecular complexity index is 965. The van der Waals surface area contributed by atoms with Crippen LogP contribution in [0.5, 0.6) is 11.5 Å². The van der Waals surface area contributed by atoms with Crippen LogP contribution in [0.2, 0.25) is 10.0 Å². The number of thioether (sulfide) groups is 1. The van der Waals surface area contributed by atoms with Crippen LogP contribution in [-0.2, 0) is 4.79 Å². The summed E-state index contributed by atoms with van der Waals surface area (Å²) in [6.07, 6.45) is 1.68. The third-order valence-corrected chi connectivity index (χ3v) is 6.06. The summed E-state index contributed by atoms with van der Waals surface area (Å²) in [5.74, 6) is 0.0101. The summed E-state index contributed by atoms with van der Waals surface area (Å²) in [7, 11) is 1.45. The van der Waals surface area contributed by atoms with Gasteiger partial charge in [-0.3, -0.25) is 9.69 Å². The molecule has 0 radical (unpaired) electrons. The first-order chi connectivity index (χ1) is 12.3. The van der Waals surface area contributed by atoms with E-state index >= 15 is 0 Å². The molecule has 134 valence electrons. The fraction of sp³-hybridized carbons (Fsp3) is 0.0588. The highest BCUT2D eigenvalue weighted by atomic mass is 79.9. The van der Waals surface area contributed by atoms with Gasteiger partial charge >= 0.3 is 0 Å². The normalized spacial score (nSPS) is 15.8. The molecule has 1 fully saturated rings. The van der Waals surface area contributed by atoms with Crippen LogP contribution in [0.4, 0.5) is 5.69 Å². The summed E-state index contributed by atoms with van der Waals surface area (Å²) in [6.45, 7) is 0. The number of thiocarbonyl (C=S) groups is 1. The van der Waals surface area contributed by atoms with Gasteiger partial charge in [0.05, 0.1) is 22.7 Å². The number of hydrogen-bond donors (Lipinski definition) is 1. The van der Waals surface area contributed by atoms with Gasteiger partial charge in [0.15, 0.2) is 15.8 Å². The molecule has 0 aromatic heterocycles. The topological polar surface area (TPSA) is 49.8 Å². The number of ether oxygens (including phenoxy) is 1. The fourth-order valence-electron chi connectivity index (χ4n) is 2.31. The molecule has 1 amide bonds. The Kier molecular flexibility index (Phi) is 5.84. The Morgan fingerprint density at radius 1 is 1.31 bits per heavy atom. The van der Waals surface area contributed by atoms with E-state index in [4.69, 9.17) is 40.2 Å². The maximum absolute atomic E-state index is 12.9. The van der Waals surface area contributed by atoms with Crippen LogP contribution in [0, 0.1) is 0 Å². The minimum absolute atomic E-state index is 0.00276. The number of nitrogens with zero attached hydrogens (tertiary/aromatic N) is 1. The van der Waals surface area contributed by atoms with E-state index in [9.17, 15) is 9.90 Å². The quantitative estimate of drug-likeness (QED) is 0.430. The summed E-state index contributed by atoms with van der Waals surface area (Å²) in [5, 5.41) is 10.6. The smallest absolute Gasteiger partial charge is 0.270 e. The van der Waals surface area contributed by atoms with Crippen molar-refractivity contribution in [3.05, 3.63) is 55.3 Å². The van der Waals surface area contributed by atoms with Gasteiger partial charge in [-0.05, 0) is 42.0 Å². The molecule has 2 aromatic rings. The first kappa shape index (κ1) is 19.5. The van der Waals surface area contributed by atoms with Crippen molar-refractivity contribution < 1.29 is 14.6 Å². The minimum atomic E-state index is -0.289. The number of aromatic hydroxyl groups is 1. The van der Waals surface area contributed by atoms with Crippen molar-refractivity contribution in [1.29, 1.82) is 0 Å². The van der Waals surface area contributed by atoms with Gasteiger partial charge < -0.3 is 9.84 Å². The van der Waals surface area contributed by atoms with E-state index in [1.165, 1.54) is 18.1 Å². The average molecular weight is 491 g/mol. The SMILES string of the molecule is COc1cc(C=C2SC(=S)N(c3ccc(Cl)cc3Cl)C2=O)c(Br)cc1O. The highest BCUT2D eigenvalue weighted by molar-refractivity contribution is 9.10. The van der Waals surface area contributed by atoms with Crippen LogP contribution in [0.25, 0.3) is 6.08 Å². The monoisotopic (exact) mass is 489 g/mol. The maximum Gasteiger partial charge on any atom is 0.270 e. The van der Waals surface area contributed by atoms with Crippen molar-refractivity contribution in [1.82, 2.24) is 0 Å². The molecule has 1 saturated heterocycles. The molecule has 0 aliphatic carbocycles. The lowest BCUT2D eigenvalue weighted by molar-refractivity contribution is -0.113. The fourth-order valence-corrected chi connectivity index (χ4v) is 4.53. The lowest BCUT2D eigenvalue weighted by Crippen LogP contribution is -2.27. The van der Waals surface area contributed by atoms with Crippen molar-refractivity contribution in [3.8, 4) is 11.5 Å².